The van der Waals surface area contributed by atoms with Crippen LogP contribution in [0, 0.1) is 0 Å². The molecule has 6 nitrogen and oxygen atoms in total. The zero-order chi connectivity index (χ0) is 15.0. The molecule has 1 aliphatic heterocycles. The van der Waals surface area contributed by atoms with Crippen LogP contribution in [0.25, 0.3) is 10.2 Å². The summed E-state index contributed by atoms with van der Waals surface area (Å²) in [5.74, 6) is 0. The van der Waals surface area contributed by atoms with Crippen molar-refractivity contribution >= 4 is 31.6 Å². The Bertz CT molecular complexity index is 801. The van der Waals surface area contributed by atoms with Crippen LogP contribution in [0.3, 0.4) is 0 Å². The lowest BCUT2D eigenvalue weighted by Gasteiger charge is -2.33. The minimum atomic E-state index is -3.48. The lowest BCUT2D eigenvalue weighted by Crippen LogP contribution is -2.48. The summed E-state index contributed by atoms with van der Waals surface area (Å²) >= 11 is 1.03. The molecule has 8 heteroatoms. The summed E-state index contributed by atoms with van der Waals surface area (Å²) in [6, 6.07) is 4.80. The van der Waals surface area contributed by atoms with Crippen LogP contribution in [-0.4, -0.2) is 55.3 Å². The number of nitrogens with zero attached hydrogens (tertiary/aromatic N) is 2. The fourth-order valence-corrected chi connectivity index (χ4v) is 4.82. The van der Waals surface area contributed by atoms with Crippen molar-refractivity contribution in [2.45, 2.75) is 11.8 Å². The number of H-pyrrole nitrogens is 1. The van der Waals surface area contributed by atoms with E-state index in [0.717, 1.165) is 31.0 Å². The predicted octanol–water partition coefficient (Wildman–Crippen LogP) is 0.916. The maximum atomic E-state index is 12.7. The SMILES string of the molecule is CCN1CCN(S(=O)(=O)c2ccc3[nH]c(=O)sc3c2)CC1. The van der Waals surface area contributed by atoms with Gasteiger partial charge in [-0.2, -0.15) is 4.31 Å². The molecule has 1 N–H and O–H groups in total. The van der Waals surface area contributed by atoms with E-state index in [0.29, 0.717) is 23.3 Å². The second-order valence-electron chi connectivity index (χ2n) is 5.01. The van der Waals surface area contributed by atoms with E-state index in [4.69, 9.17) is 0 Å². The lowest BCUT2D eigenvalue weighted by atomic mass is 10.3. The fraction of sp³-hybridized carbons (Fsp3) is 0.462. The van der Waals surface area contributed by atoms with Gasteiger partial charge in [0.2, 0.25) is 10.0 Å². The second-order valence-corrected chi connectivity index (χ2v) is 7.96. The van der Waals surface area contributed by atoms with E-state index in [2.05, 4.69) is 16.8 Å². The molecule has 0 saturated carbocycles. The highest BCUT2D eigenvalue weighted by Crippen LogP contribution is 2.23. The number of rotatable bonds is 3. The normalized spacial score (nSPS) is 18.3. The second kappa shape index (κ2) is 5.53. The number of hydrogen-bond acceptors (Lipinski definition) is 5. The van der Waals surface area contributed by atoms with E-state index in [1.165, 1.54) is 4.31 Å². The van der Waals surface area contributed by atoms with Gasteiger partial charge in [-0.1, -0.05) is 18.3 Å². The van der Waals surface area contributed by atoms with Gasteiger partial charge in [0.05, 0.1) is 15.1 Å². The molecule has 114 valence electrons. The van der Waals surface area contributed by atoms with Crippen LogP contribution in [0.15, 0.2) is 27.9 Å². The molecule has 0 unspecified atom stereocenters. The lowest BCUT2D eigenvalue weighted by molar-refractivity contribution is 0.196. The summed E-state index contributed by atoms with van der Waals surface area (Å²) in [6.07, 6.45) is 0. The smallest absolute Gasteiger partial charge is 0.305 e. The molecule has 0 radical (unpaired) electrons. The molecule has 1 fully saturated rings. The Kier molecular flexibility index (Phi) is 3.87. The van der Waals surface area contributed by atoms with Crippen molar-refractivity contribution < 1.29 is 8.42 Å². The monoisotopic (exact) mass is 327 g/mol. The summed E-state index contributed by atoms with van der Waals surface area (Å²) in [5.41, 5.74) is 0.680. The molecular formula is C13H17N3O3S2. The third-order valence-electron chi connectivity index (χ3n) is 3.81. The maximum absolute atomic E-state index is 12.7. The molecule has 2 heterocycles. The molecule has 1 saturated heterocycles. The van der Waals surface area contributed by atoms with E-state index in [1.807, 2.05) is 0 Å². The van der Waals surface area contributed by atoms with Gasteiger partial charge in [0.15, 0.2) is 0 Å². The van der Waals surface area contributed by atoms with Crippen LogP contribution in [0.2, 0.25) is 0 Å². The Hall–Kier alpha value is -1.22. The van der Waals surface area contributed by atoms with Crippen LogP contribution in [-0.2, 0) is 10.0 Å². The first-order chi connectivity index (χ1) is 10.0. The molecule has 0 atom stereocenters. The van der Waals surface area contributed by atoms with Crippen LogP contribution in [0.5, 0.6) is 0 Å². The van der Waals surface area contributed by atoms with E-state index in [9.17, 15) is 13.2 Å². The number of likely N-dealkylation sites (N-methyl/N-ethyl adjacent to an activating group) is 1. The van der Waals surface area contributed by atoms with Crippen LogP contribution in [0.1, 0.15) is 6.92 Å². The zero-order valence-corrected chi connectivity index (χ0v) is 13.3. The molecule has 1 aromatic carbocycles. The first-order valence-electron chi connectivity index (χ1n) is 6.86. The molecule has 1 aliphatic rings. The van der Waals surface area contributed by atoms with E-state index >= 15 is 0 Å². The molecule has 1 aromatic heterocycles. The molecule has 0 aliphatic carbocycles. The van der Waals surface area contributed by atoms with Gasteiger partial charge < -0.3 is 9.88 Å². The summed E-state index contributed by atoms with van der Waals surface area (Å²) in [6.45, 7) is 5.56. The van der Waals surface area contributed by atoms with E-state index in [-0.39, 0.29) is 9.77 Å². The van der Waals surface area contributed by atoms with Crippen molar-refractivity contribution in [1.82, 2.24) is 14.2 Å². The summed E-state index contributed by atoms with van der Waals surface area (Å²) in [7, 11) is -3.48. The Balaban J connectivity index is 1.91. The number of sulfonamides is 1. The van der Waals surface area contributed by atoms with Crippen molar-refractivity contribution in [3.8, 4) is 0 Å². The average Bonchev–Trinajstić information content (AvgIpc) is 2.86. The standard InChI is InChI=1S/C13H17N3O3S2/c1-2-15-5-7-16(8-6-15)21(18,19)10-3-4-11-12(9-10)20-13(17)14-11/h3-4,9H,2,5-8H2,1H3,(H,14,17). The topological polar surface area (TPSA) is 73.5 Å². The summed E-state index contributed by atoms with van der Waals surface area (Å²) in [4.78, 5) is 16.3. The highest BCUT2D eigenvalue weighted by Gasteiger charge is 2.28. The van der Waals surface area contributed by atoms with Crippen molar-refractivity contribution in [3.05, 3.63) is 27.9 Å². The molecule has 0 amide bonds. The number of fused-ring (bicyclic) bond motifs is 1. The Labute approximate surface area is 127 Å². The number of piperazine rings is 1. The summed E-state index contributed by atoms with van der Waals surface area (Å²) < 4.78 is 27.5. The minimum Gasteiger partial charge on any atom is -0.312 e. The van der Waals surface area contributed by atoms with Crippen LogP contribution < -0.4 is 4.87 Å². The van der Waals surface area contributed by atoms with Crippen LogP contribution >= 0.6 is 11.3 Å². The Morgan fingerprint density at radius 3 is 2.62 bits per heavy atom. The number of hydrogen-bond donors (Lipinski definition) is 1. The van der Waals surface area contributed by atoms with Crippen molar-refractivity contribution in [2.75, 3.05) is 32.7 Å². The molecule has 0 spiro atoms. The zero-order valence-electron chi connectivity index (χ0n) is 11.7. The number of aromatic amines is 1. The van der Waals surface area contributed by atoms with Gasteiger partial charge in [-0.25, -0.2) is 8.42 Å². The predicted molar refractivity (Wildman–Crippen MR) is 83.3 cm³/mol. The van der Waals surface area contributed by atoms with Crippen molar-refractivity contribution in [2.24, 2.45) is 0 Å². The van der Waals surface area contributed by atoms with E-state index < -0.39 is 10.0 Å². The van der Waals surface area contributed by atoms with Gasteiger partial charge in [0.1, 0.15) is 0 Å². The first-order valence-corrected chi connectivity index (χ1v) is 9.12. The van der Waals surface area contributed by atoms with Gasteiger partial charge in [0, 0.05) is 26.2 Å². The highest BCUT2D eigenvalue weighted by molar-refractivity contribution is 7.89. The molecule has 21 heavy (non-hydrogen) atoms. The number of nitrogens with one attached hydrogen (secondary N) is 1. The molecular weight excluding hydrogens is 310 g/mol. The van der Waals surface area contributed by atoms with Gasteiger partial charge in [-0.3, -0.25) is 4.79 Å². The first kappa shape index (κ1) is 14.7. The molecule has 3 rings (SSSR count). The van der Waals surface area contributed by atoms with Gasteiger partial charge in [0.25, 0.3) is 0 Å². The Morgan fingerprint density at radius 2 is 1.95 bits per heavy atom. The largest absolute Gasteiger partial charge is 0.312 e. The van der Waals surface area contributed by atoms with Crippen molar-refractivity contribution in [1.29, 1.82) is 0 Å². The Morgan fingerprint density at radius 1 is 1.24 bits per heavy atom. The van der Waals surface area contributed by atoms with Gasteiger partial charge in [-0.15, -0.1) is 0 Å². The highest BCUT2D eigenvalue weighted by atomic mass is 32.2. The number of benzene rings is 1. The van der Waals surface area contributed by atoms with Gasteiger partial charge >= 0.3 is 4.87 Å². The third kappa shape index (κ3) is 2.76. The van der Waals surface area contributed by atoms with Crippen molar-refractivity contribution in [3.63, 3.8) is 0 Å². The summed E-state index contributed by atoms with van der Waals surface area (Å²) in [5, 5.41) is 0. The van der Waals surface area contributed by atoms with E-state index in [1.54, 1.807) is 18.2 Å². The maximum Gasteiger partial charge on any atom is 0.305 e. The van der Waals surface area contributed by atoms with Gasteiger partial charge in [-0.05, 0) is 24.7 Å². The fourth-order valence-electron chi connectivity index (χ4n) is 2.52. The third-order valence-corrected chi connectivity index (χ3v) is 6.55. The number of aromatic nitrogens is 1. The average molecular weight is 327 g/mol. The molecule has 0 bridgehead atoms. The minimum absolute atomic E-state index is 0.170. The number of thiazole rings is 1. The molecule has 2 aromatic rings. The quantitative estimate of drug-likeness (QED) is 0.910. The van der Waals surface area contributed by atoms with Crippen LogP contribution in [0.4, 0.5) is 0 Å².